The lowest BCUT2D eigenvalue weighted by molar-refractivity contribution is -0.177. The van der Waals surface area contributed by atoms with Crippen LogP contribution in [0.25, 0.3) is 0 Å². The number of fused-ring (bicyclic) bond motifs is 2. The van der Waals surface area contributed by atoms with E-state index in [1.165, 1.54) is 0 Å². The maximum atomic E-state index is 11.4. The maximum absolute atomic E-state index is 11.4. The summed E-state index contributed by atoms with van der Waals surface area (Å²) < 4.78 is 11.3. The Balaban J connectivity index is 2.03. The van der Waals surface area contributed by atoms with Gasteiger partial charge in [0.1, 0.15) is 18.1 Å². The normalized spacial score (nSPS) is 37.3. The van der Waals surface area contributed by atoms with Gasteiger partial charge >= 0.3 is 11.9 Å². The number of carbonyl (C=O) groups is 2. The van der Waals surface area contributed by atoms with Gasteiger partial charge in [0, 0.05) is 0 Å². The zero-order chi connectivity index (χ0) is 13.6. The molecule has 1 aliphatic heterocycles. The van der Waals surface area contributed by atoms with Crippen LogP contribution in [0.15, 0.2) is 0 Å². The van der Waals surface area contributed by atoms with Crippen LogP contribution in [0.4, 0.5) is 0 Å². The van der Waals surface area contributed by atoms with Crippen LogP contribution in [-0.4, -0.2) is 34.4 Å². The van der Waals surface area contributed by atoms with Crippen molar-refractivity contribution in [1.82, 2.24) is 0 Å². The van der Waals surface area contributed by atoms with Crippen molar-refractivity contribution in [2.24, 2.45) is 5.92 Å². The molecule has 2 rings (SSSR count). The van der Waals surface area contributed by atoms with Crippen LogP contribution in [0.5, 0.6) is 0 Å². The molecule has 1 N–H and O–H groups in total. The third kappa shape index (κ3) is 2.36. The summed E-state index contributed by atoms with van der Waals surface area (Å²) in [6.07, 6.45) is 1.65. The highest BCUT2D eigenvalue weighted by Gasteiger charge is 2.56. The van der Waals surface area contributed by atoms with E-state index in [4.69, 9.17) is 14.6 Å². The third-order valence-corrected chi connectivity index (χ3v) is 4.16. The second kappa shape index (κ2) is 4.23. The number of carboxylic acid groups (broad SMARTS) is 1. The largest absolute Gasteiger partial charge is 0.481 e. The van der Waals surface area contributed by atoms with Gasteiger partial charge in [-0.15, -0.1) is 0 Å². The fourth-order valence-corrected chi connectivity index (χ4v) is 3.27. The van der Waals surface area contributed by atoms with E-state index in [0.29, 0.717) is 5.92 Å². The van der Waals surface area contributed by atoms with Crippen molar-refractivity contribution in [2.75, 3.05) is 0 Å². The summed E-state index contributed by atoms with van der Waals surface area (Å²) >= 11 is 0. The van der Waals surface area contributed by atoms with Crippen LogP contribution in [0, 0.1) is 5.92 Å². The predicted octanol–water partition coefficient (Wildman–Crippen LogP) is 1.74. The molecule has 1 saturated heterocycles. The molecule has 5 nitrogen and oxygen atoms in total. The number of hydrogen-bond acceptors (Lipinski definition) is 4. The van der Waals surface area contributed by atoms with Crippen LogP contribution in [0.2, 0.25) is 0 Å². The lowest BCUT2D eigenvalue weighted by Gasteiger charge is -2.35. The van der Waals surface area contributed by atoms with Gasteiger partial charge in [0.2, 0.25) is 0 Å². The fourth-order valence-electron chi connectivity index (χ4n) is 3.27. The quantitative estimate of drug-likeness (QED) is 0.615. The minimum absolute atomic E-state index is 0.192. The van der Waals surface area contributed by atoms with E-state index >= 15 is 0 Å². The van der Waals surface area contributed by atoms with Crippen molar-refractivity contribution in [2.45, 2.75) is 63.8 Å². The third-order valence-electron chi connectivity index (χ3n) is 4.16. The number of aliphatic carboxylic acids is 1. The van der Waals surface area contributed by atoms with Crippen molar-refractivity contribution >= 4 is 11.9 Å². The van der Waals surface area contributed by atoms with E-state index in [1.807, 2.05) is 6.92 Å². The van der Waals surface area contributed by atoms with Crippen molar-refractivity contribution in [3.63, 3.8) is 0 Å². The smallest absolute Gasteiger partial charge is 0.317 e. The summed E-state index contributed by atoms with van der Waals surface area (Å²) in [5.41, 5.74) is -0.663. The number of hydrogen-bond donors (Lipinski definition) is 1. The number of carboxylic acids is 1. The molecule has 2 bridgehead atoms. The summed E-state index contributed by atoms with van der Waals surface area (Å²) in [6, 6.07) is 0. The van der Waals surface area contributed by atoms with Crippen LogP contribution in [-0.2, 0) is 19.1 Å². The highest BCUT2D eigenvalue weighted by Crippen LogP contribution is 2.51. The molecule has 0 spiro atoms. The fraction of sp³-hybridized carbons (Fsp3) is 0.846. The van der Waals surface area contributed by atoms with Gasteiger partial charge in [-0.25, -0.2) is 0 Å². The standard InChI is InChI=1S/C13H20O5/c1-12(2)8-4-5-9(13(3,7-8)18-12)17-11(16)6-10(14)15/h8-9H,4-7H2,1-3H3,(H,14,15)/t8-,9-,13-/m1/s1. The molecule has 0 unspecified atom stereocenters. The van der Waals surface area contributed by atoms with Gasteiger partial charge in [-0.05, 0) is 46.0 Å². The molecule has 0 aromatic carbocycles. The van der Waals surface area contributed by atoms with E-state index in [0.717, 1.165) is 19.3 Å². The predicted molar refractivity (Wildman–Crippen MR) is 63.0 cm³/mol. The molecular weight excluding hydrogens is 236 g/mol. The van der Waals surface area contributed by atoms with Crippen molar-refractivity contribution < 1.29 is 24.2 Å². The van der Waals surface area contributed by atoms with Crippen molar-refractivity contribution in [3.05, 3.63) is 0 Å². The van der Waals surface area contributed by atoms with E-state index in [9.17, 15) is 9.59 Å². The lowest BCUT2D eigenvalue weighted by atomic mass is 9.75. The Morgan fingerprint density at radius 1 is 1.33 bits per heavy atom. The van der Waals surface area contributed by atoms with E-state index in [1.54, 1.807) is 0 Å². The highest BCUT2D eigenvalue weighted by molar-refractivity contribution is 5.90. The Morgan fingerprint density at radius 2 is 2.00 bits per heavy atom. The SMILES string of the molecule is CC1(C)O[C@]2(C)C[C@H]1CC[C@H]2OC(=O)CC(=O)O. The molecule has 1 heterocycles. The minimum atomic E-state index is -1.16. The molecule has 1 saturated carbocycles. The van der Waals surface area contributed by atoms with Crippen molar-refractivity contribution in [3.8, 4) is 0 Å². The zero-order valence-electron chi connectivity index (χ0n) is 11.1. The second-order valence-corrected chi connectivity index (χ2v) is 6.05. The average Bonchev–Trinajstić information content (AvgIpc) is 2.37. The zero-order valence-corrected chi connectivity index (χ0v) is 11.1. The molecule has 5 heteroatoms. The molecule has 0 amide bonds. The summed E-state index contributed by atoms with van der Waals surface area (Å²) in [5.74, 6) is -1.36. The highest BCUT2D eigenvalue weighted by atomic mass is 16.6. The van der Waals surface area contributed by atoms with Gasteiger partial charge in [-0.1, -0.05) is 0 Å². The average molecular weight is 256 g/mol. The Labute approximate surface area is 106 Å². The van der Waals surface area contributed by atoms with Crippen molar-refractivity contribution in [1.29, 1.82) is 0 Å². The van der Waals surface area contributed by atoms with Gasteiger partial charge < -0.3 is 14.6 Å². The number of esters is 1. The summed E-state index contributed by atoms with van der Waals surface area (Å²) in [7, 11) is 0. The van der Waals surface area contributed by atoms with E-state index in [-0.39, 0.29) is 11.7 Å². The van der Waals surface area contributed by atoms with Crippen LogP contribution < -0.4 is 0 Å². The molecule has 2 aliphatic rings. The topological polar surface area (TPSA) is 72.8 Å². The van der Waals surface area contributed by atoms with E-state index < -0.39 is 24.0 Å². The van der Waals surface area contributed by atoms with Crippen LogP contribution in [0.3, 0.4) is 0 Å². The molecule has 0 aromatic rings. The Kier molecular flexibility index (Phi) is 3.13. The molecule has 1 aliphatic carbocycles. The first-order valence-electron chi connectivity index (χ1n) is 6.34. The number of carbonyl (C=O) groups excluding carboxylic acids is 1. The van der Waals surface area contributed by atoms with Gasteiger partial charge in [0.15, 0.2) is 0 Å². The molecule has 3 atom stereocenters. The summed E-state index contributed by atoms with van der Waals surface area (Å²) in [5, 5.41) is 8.56. The maximum Gasteiger partial charge on any atom is 0.317 e. The first-order chi connectivity index (χ1) is 8.23. The Morgan fingerprint density at radius 3 is 2.61 bits per heavy atom. The lowest BCUT2D eigenvalue weighted by Crippen LogP contribution is -2.44. The Hall–Kier alpha value is -1.10. The van der Waals surface area contributed by atoms with Gasteiger partial charge in [0.25, 0.3) is 0 Å². The summed E-state index contributed by atoms with van der Waals surface area (Å²) in [4.78, 5) is 21.9. The summed E-state index contributed by atoms with van der Waals surface area (Å²) in [6.45, 7) is 6.07. The number of rotatable bonds is 3. The minimum Gasteiger partial charge on any atom is -0.481 e. The van der Waals surface area contributed by atoms with E-state index in [2.05, 4.69) is 13.8 Å². The Bertz CT molecular complexity index is 376. The number of ether oxygens (including phenoxy) is 2. The van der Waals surface area contributed by atoms with Gasteiger partial charge in [-0.2, -0.15) is 0 Å². The van der Waals surface area contributed by atoms with Gasteiger partial charge in [0.05, 0.1) is 5.60 Å². The first kappa shape index (κ1) is 13.3. The molecule has 102 valence electrons. The molecule has 2 fully saturated rings. The van der Waals surface area contributed by atoms with Crippen LogP contribution in [0.1, 0.15) is 46.5 Å². The molecule has 0 radical (unpaired) electrons. The second-order valence-electron chi connectivity index (χ2n) is 6.05. The monoisotopic (exact) mass is 256 g/mol. The molecule has 0 aromatic heterocycles. The van der Waals surface area contributed by atoms with Gasteiger partial charge in [-0.3, -0.25) is 9.59 Å². The molecular formula is C13H20O5. The van der Waals surface area contributed by atoms with Crippen LogP contribution >= 0.6 is 0 Å². The first-order valence-corrected chi connectivity index (χ1v) is 6.34. The molecule has 18 heavy (non-hydrogen) atoms.